The molecule has 2 heterocycles. The number of methoxy groups -OCH3 is 2. The number of benzene rings is 2. The van der Waals surface area contributed by atoms with Crippen LogP contribution in [0.15, 0.2) is 30.3 Å². The number of carbonyl (C=O) groups is 2. The molecule has 1 unspecified atom stereocenters. The van der Waals surface area contributed by atoms with Gasteiger partial charge >= 0.3 is 0 Å². The van der Waals surface area contributed by atoms with Gasteiger partial charge in [-0.05, 0) is 68.1 Å². The Kier molecular flexibility index (Phi) is 12.3. The maximum atomic E-state index is 10.2. The molecule has 2 aliphatic heterocycles. The Balaban J connectivity index is 0.000000445. The van der Waals surface area contributed by atoms with Crippen LogP contribution in [-0.2, 0) is 37.6 Å². The number of rotatable bonds is 13. The van der Waals surface area contributed by atoms with E-state index in [0.29, 0.717) is 32.3 Å². The highest BCUT2D eigenvalue weighted by molar-refractivity contribution is 5.86. The van der Waals surface area contributed by atoms with Crippen LogP contribution < -0.4 is 21.5 Å². The summed E-state index contributed by atoms with van der Waals surface area (Å²) in [4.78, 5) is 22.4. The number of nitrogens with two attached hydrogens (primary N) is 2. The van der Waals surface area contributed by atoms with Crippen LogP contribution >= 0.6 is 0 Å². The highest BCUT2D eigenvalue weighted by Crippen LogP contribution is 2.47. The van der Waals surface area contributed by atoms with E-state index in [4.69, 9.17) is 31.1 Å². The molecule has 0 aliphatic carbocycles. The minimum atomic E-state index is -0.671. The van der Waals surface area contributed by atoms with E-state index in [9.17, 15) is 9.59 Å². The van der Waals surface area contributed by atoms with Gasteiger partial charge in [0.15, 0.2) is 0 Å². The van der Waals surface area contributed by atoms with Crippen LogP contribution in [0.4, 0.5) is 5.69 Å². The molecule has 0 radical (unpaired) electrons. The molecular weight excluding hydrogens is 522 g/mol. The third kappa shape index (κ3) is 8.36. The first kappa shape index (κ1) is 32.2. The van der Waals surface area contributed by atoms with Crippen molar-refractivity contribution in [3.05, 3.63) is 58.1 Å². The molecule has 1 spiro atoms. The molecule has 41 heavy (non-hydrogen) atoms. The fourth-order valence-electron chi connectivity index (χ4n) is 5.42. The van der Waals surface area contributed by atoms with Crippen LogP contribution in [0, 0.1) is 12.3 Å². The fourth-order valence-corrected chi connectivity index (χ4v) is 5.42. The smallest absolute Gasteiger partial charge is 0.234 e. The summed E-state index contributed by atoms with van der Waals surface area (Å²) in [6, 6.07) is 10.2. The minimum absolute atomic E-state index is 0.136. The Morgan fingerprint density at radius 3 is 2.61 bits per heavy atom. The average molecular weight is 568 g/mol. The van der Waals surface area contributed by atoms with Crippen molar-refractivity contribution in [2.45, 2.75) is 57.2 Å². The lowest BCUT2D eigenvalue weighted by atomic mass is 9.74. The average Bonchev–Trinajstić information content (AvgIpc) is 3.34. The maximum absolute atomic E-state index is 10.2. The predicted octanol–water partition coefficient (Wildman–Crippen LogP) is 2.90. The summed E-state index contributed by atoms with van der Waals surface area (Å²) in [6.45, 7) is 7.96. The van der Waals surface area contributed by atoms with Crippen molar-refractivity contribution in [3.63, 3.8) is 0 Å². The largest absolute Gasteiger partial charge is 0.492 e. The molecule has 0 bridgehead atoms. The van der Waals surface area contributed by atoms with Crippen LogP contribution in [0.3, 0.4) is 0 Å². The molecule has 0 saturated carbocycles. The number of hydrogen-bond acceptors (Lipinski definition) is 9. The summed E-state index contributed by atoms with van der Waals surface area (Å²) in [7, 11) is 3.43. The first-order chi connectivity index (χ1) is 19.8. The van der Waals surface area contributed by atoms with Gasteiger partial charge in [-0.1, -0.05) is 18.2 Å². The van der Waals surface area contributed by atoms with Crippen LogP contribution in [0.5, 0.6) is 5.75 Å². The van der Waals surface area contributed by atoms with Gasteiger partial charge in [-0.15, -0.1) is 0 Å². The number of likely N-dealkylation sites (tertiary alicyclic amines) is 1. The van der Waals surface area contributed by atoms with Crippen LogP contribution in [-0.4, -0.2) is 76.4 Å². The third-order valence-corrected chi connectivity index (χ3v) is 7.96. The third-order valence-electron chi connectivity index (χ3n) is 7.96. The first-order valence-electron chi connectivity index (χ1n) is 14.1. The Hall–Kier alpha value is -3.31. The molecule has 2 aliphatic rings. The summed E-state index contributed by atoms with van der Waals surface area (Å²) < 4.78 is 16.7. The Bertz CT molecular complexity index is 1180. The fraction of sp³-hybridized carbons (Fsp3) is 0.516. The van der Waals surface area contributed by atoms with Gasteiger partial charge in [-0.3, -0.25) is 9.69 Å². The van der Waals surface area contributed by atoms with Gasteiger partial charge in [-0.25, -0.2) is 0 Å². The summed E-state index contributed by atoms with van der Waals surface area (Å²) in [5.41, 5.74) is 17.1. The first-order valence-corrected chi connectivity index (χ1v) is 14.1. The Morgan fingerprint density at radius 2 is 1.98 bits per heavy atom. The predicted molar refractivity (Wildman–Crippen MR) is 161 cm³/mol. The topological polar surface area (TPSA) is 153 Å². The molecule has 1 fully saturated rings. The van der Waals surface area contributed by atoms with Crippen molar-refractivity contribution in [2.75, 3.05) is 52.4 Å². The zero-order valence-electron chi connectivity index (χ0n) is 24.5. The maximum Gasteiger partial charge on any atom is 0.234 e. The summed E-state index contributed by atoms with van der Waals surface area (Å²) in [5, 5.41) is 11.1. The highest BCUT2D eigenvalue weighted by Gasteiger charge is 2.43. The normalized spacial score (nSPS) is 16.2. The monoisotopic (exact) mass is 567 g/mol. The number of primary amides is 1. The Morgan fingerprint density at radius 1 is 1.22 bits per heavy atom. The summed E-state index contributed by atoms with van der Waals surface area (Å²) in [5.74, 6) is 0.525. The number of fused-ring (bicyclic) bond motifs is 2. The van der Waals surface area contributed by atoms with Crippen molar-refractivity contribution in [2.24, 2.45) is 11.5 Å². The second-order valence-electron chi connectivity index (χ2n) is 10.7. The van der Waals surface area contributed by atoms with Gasteiger partial charge < -0.3 is 41.2 Å². The van der Waals surface area contributed by atoms with Crippen molar-refractivity contribution >= 4 is 24.1 Å². The number of hydrogen-bond donors (Lipinski definition) is 4. The van der Waals surface area contributed by atoms with E-state index in [1.54, 1.807) is 14.2 Å². The lowest BCUT2D eigenvalue weighted by Crippen LogP contribution is -2.43. The number of aldehydes is 1. The van der Waals surface area contributed by atoms with E-state index < -0.39 is 11.9 Å². The van der Waals surface area contributed by atoms with Crippen molar-refractivity contribution in [3.8, 4) is 5.75 Å². The number of amides is 1. The van der Waals surface area contributed by atoms with Crippen molar-refractivity contribution < 1.29 is 23.8 Å². The molecule has 2 aromatic carbocycles. The van der Waals surface area contributed by atoms with Gasteiger partial charge in [0.1, 0.15) is 12.0 Å². The molecule has 1 saturated heterocycles. The lowest BCUT2D eigenvalue weighted by Gasteiger charge is -2.38. The molecule has 10 nitrogen and oxygen atoms in total. The molecule has 2 aromatic rings. The van der Waals surface area contributed by atoms with Crippen LogP contribution in [0.1, 0.15) is 53.5 Å². The number of nitrogens with zero attached hydrogens (tertiary/aromatic N) is 1. The van der Waals surface area contributed by atoms with Gasteiger partial charge in [0.2, 0.25) is 5.91 Å². The highest BCUT2D eigenvalue weighted by atomic mass is 16.5. The SMILES string of the molecule is COCCNc1ccc(CN2CCC3(CC2)COc2c3ccc(COC)c2C)cc1C=N.NC(=O)C(N)CCC=O. The number of piperidine rings is 1. The molecule has 1 atom stereocenters. The number of nitrogens with one attached hydrogen (secondary N) is 2. The second kappa shape index (κ2) is 15.6. The molecule has 6 N–H and O–H groups in total. The number of carbonyl (C=O) groups excluding carboxylic acids is 2. The van der Waals surface area contributed by atoms with E-state index in [1.807, 2.05) is 0 Å². The van der Waals surface area contributed by atoms with Crippen molar-refractivity contribution in [1.82, 2.24) is 4.90 Å². The van der Waals surface area contributed by atoms with Crippen LogP contribution in [0.25, 0.3) is 0 Å². The molecular formula is C31H45N5O5. The zero-order valence-corrected chi connectivity index (χ0v) is 24.5. The standard InChI is InChI=1S/C26H35N3O3.C5H10N2O2/c1-19-21(17-31-3)5-6-23-25(19)32-18-26(23)8-11-29(12-9-26)16-20-4-7-24(22(14-20)15-27)28-10-13-30-2;6-4(5(7)9)2-1-3-8/h4-7,14-15,27-28H,8-13,16-18H2,1-3H3;3-4H,1-2,6H2,(H2,7,9). The second-order valence-corrected chi connectivity index (χ2v) is 10.7. The molecule has 224 valence electrons. The van der Waals surface area contributed by atoms with Gasteiger partial charge in [0.25, 0.3) is 0 Å². The van der Waals surface area contributed by atoms with Gasteiger partial charge in [0.05, 0.1) is 25.9 Å². The minimum Gasteiger partial charge on any atom is -0.492 e. The summed E-state index contributed by atoms with van der Waals surface area (Å²) in [6.07, 6.45) is 5.00. The van der Waals surface area contributed by atoms with E-state index in [1.165, 1.54) is 28.5 Å². The Labute approximate surface area is 243 Å². The van der Waals surface area contributed by atoms with E-state index in [0.717, 1.165) is 62.6 Å². The molecule has 1 amide bonds. The van der Waals surface area contributed by atoms with Gasteiger partial charge in [0, 0.05) is 62.2 Å². The summed E-state index contributed by atoms with van der Waals surface area (Å²) >= 11 is 0. The van der Waals surface area contributed by atoms with E-state index >= 15 is 0 Å². The molecule has 10 heteroatoms. The molecule has 4 rings (SSSR count). The van der Waals surface area contributed by atoms with E-state index in [2.05, 4.69) is 47.5 Å². The van der Waals surface area contributed by atoms with Crippen molar-refractivity contribution in [1.29, 1.82) is 5.41 Å². The number of ether oxygens (including phenoxy) is 3. The van der Waals surface area contributed by atoms with Crippen LogP contribution in [0.2, 0.25) is 0 Å². The van der Waals surface area contributed by atoms with E-state index in [-0.39, 0.29) is 5.41 Å². The molecule has 0 aromatic heterocycles. The van der Waals surface area contributed by atoms with Gasteiger partial charge in [-0.2, -0.15) is 0 Å². The quantitative estimate of drug-likeness (QED) is 0.164. The zero-order chi connectivity index (χ0) is 29.8. The lowest BCUT2D eigenvalue weighted by molar-refractivity contribution is -0.119. The number of anilines is 1.